The third-order valence-electron chi connectivity index (χ3n) is 3.86. The summed E-state index contributed by atoms with van der Waals surface area (Å²) >= 11 is 6.22. The molecule has 2 heterocycles. The van der Waals surface area contributed by atoms with Crippen LogP contribution in [0.25, 0.3) is 0 Å². The fraction of sp³-hybridized carbons (Fsp3) is 0.348. The fourth-order valence-corrected chi connectivity index (χ4v) is 2.60. The molecule has 0 radical (unpaired) electrons. The molecule has 0 saturated carbocycles. The zero-order valence-corrected chi connectivity index (χ0v) is 19.5. The van der Waals surface area contributed by atoms with Crippen LogP contribution < -0.4 is 20.7 Å². The maximum atomic E-state index is 6.22. The Labute approximate surface area is 189 Å². The first-order chi connectivity index (χ1) is 15.0. The summed E-state index contributed by atoms with van der Waals surface area (Å²) in [6.45, 7) is 10.6. The normalized spacial score (nSPS) is 11.8. The molecule has 0 aliphatic heterocycles. The second kappa shape index (κ2) is 15.0. The Bertz CT molecular complexity index is 934. The molecule has 0 saturated heterocycles. The molecule has 168 valence electrons. The Morgan fingerprint density at radius 1 is 1.35 bits per heavy atom. The van der Waals surface area contributed by atoms with Gasteiger partial charge in [-0.1, -0.05) is 37.1 Å². The topological polar surface area (TPSA) is 87.0 Å². The number of nitrogens with two attached hydrogens (primary N) is 1. The summed E-state index contributed by atoms with van der Waals surface area (Å²) < 4.78 is 11.6. The largest absolute Gasteiger partial charge is 0.492 e. The van der Waals surface area contributed by atoms with Gasteiger partial charge in [-0.3, -0.25) is 0 Å². The summed E-state index contributed by atoms with van der Waals surface area (Å²) in [5, 5.41) is 4.40. The maximum Gasteiger partial charge on any atom is 0.213 e. The number of rotatable bonds is 9. The molecule has 0 aliphatic carbocycles. The highest BCUT2D eigenvalue weighted by molar-refractivity contribution is 6.30. The third-order valence-corrected chi connectivity index (χ3v) is 4.14. The Morgan fingerprint density at radius 3 is 2.68 bits per heavy atom. The van der Waals surface area contributed by atoms with Crippen molar-refractivity contribution in [2.45, 2.75) is 40.2 Å². The Hall–Kier alpha value is -2.90. The Morgan fingerprint density at radius 2 is 2.13 bits per heavy atom. The molecule has 7 nitrogen and oxygen atoms in total. The number of unbranched alkanes of at least 4 members (excludes halogenated alkanes) is 1. The standard InChI is InChI=1S/C15H21ClN4.C8H11NO2/c1-4-5-6-7-8-12(2)19-15-14(16)9-13(10-17)11-20(15)18-3;1-3-11-7-4-5-8(10-2)9-6-7/h6-9,11H,3-5,10,17H2,1-2H3;4-6H,3H2,1-2H3/b7-6+,12-8+,19-15?;. The van der Waals surface area contributed by atoms with Crippen molar-refractivity contribution in [3.8, 4) is 11.6 Å². The van der Waals surface area contributed by atoms with E-state index in [0.717, 1.165) is 29.9 Å². The average Bonchev–Trinajstić information content (AvgIpc) is 2.79. The lowest BCUT2D eigenvalue weighted by Crippen LogP contribution is -2.19. The van der Waals surface area contributed by atoms with Crippen molar-refractivity contribution in [2.75, 3.05) is 13.7 Å². The second-order valence-corrected chi connectivity index (χ2v) is 6.72. The maximum absolute atomic E-state index is 6.22. The van der Waals surface area contributed by atoms with Crippen LogP contribution in [0.1, 0.15) is 39.2 Å². The van der Waals surface area contributed by atoms with Gasteiger partial charge in [-0.15, -0.1) is 0 Å². The summed E-state index contributed by atoms with van der Waals surface area (Å²) in [7, 11) is 1.59. The van der Waals surface area contributed by atoms with Crippen LogP contribution in [0.3, 0.4) is 0 Å². The Balaban J connectivity index is 0.000000367. The van der Waals surface area contributed by atoms with Crippen LogP contribution in [-0.2, 0) is 6.54 Å². The highest BCUT2D eigenvalue weighted by Crippen LogP contribution is 2.12. The number of halogens is 1. The molecular formula is C23H32ClN5O2. The number of aromatic nitrogens is 2. The molecule has 0 amide bonds. The van der Waals surface area contributed by atoms with Crippen LogP contribution in [0.2, 0.25) is 5.02 Å². The number of allylic oxidation sites excluding steroid dienone is 4. The van der Waals surface area contributed by atoms with Gasteiger partial charge in [0.1, 0.15) is 5.75 Å². The van der Waals surface area contributed by atoms with Gasteiger partial charge in [0, 0.05) is 31.2 Å². The molecule has 0 bridgehead atoms. The molecule has 2 aromatic rings. The van der Waals surface area contributed by atoms with Gasteiger partial charge < -0.3 is 15.2 Å². The highest BCUT2D eigenvalue weighted by atomic mass is 35.5. The van der Waals surface area contributed by atoms with Crippen molar-refractivity contribution in [3.63, 3.8) is 0 Å². The van der Waals surface area contributed by atoms with Gasteiger partial charge in [-0.2, -0.15) is 5.10 Å². The van der Waals surface area contributed by atoms with Crippen molar-refractivity contribution < 1.29 is 9.47 Å². The minimum absolute atomic E-state index is 0.393. The lowest BCUT2D eigenvalue weighted by molar-refractivity contribution is 0.335. The van der Waals surface area contributed by atoms with Gasteiger partial charge >= 0.3 is 0 Å². The van der Waals surface area contributed by atoms with Crippen molar-refractivity contribution in [1.82, 2.24) is 9.66 Å². The van der Waals surface area contributed by atoms with Crippen LogP contribution in [0, 0.1) is 0 Å². The van der Waals surface area contributed by atoms with E-state index in [1.165, 1.54) is 4.68 Å². The Kier molecular flexibility index (Phi) is 12.6. The third kappa shape index (κ3) is 9.63. The lowest BCUT2D eigenvalue weighted by Gasteiger charge is -2.05. The molecule has 0 fully saturated rings. The predicted molar refractivity (Wildman–Crippen MR) is 128 cm³/mol. The average molecular weight is 446 g/mol. The van der Waals surface area contributed by atoms with E-state index >= 15 is 0 Å². The van der Waals surface area contributed by atoms with Crippen LogP contribution in [0.5, 0.6) is 11.6 Å². The first kappa shape index (κ1) is 26.1. The van der Waals surface area contributed by atoms with Crippen LogP contribution in [0.4, 0.5) is 0 Å². The minimum Gasteiger partial charge on any atom is -0.492 e. The molecule has 2 N–H and O–H groups in total. The highest BCUT2D eigenvalue weighted by Gasteiger charge is 2.01. The van der Waals surface area contributed by atoms with Crippen LogP contribution in [-0.4, -0.2) is 30.1 Å². The van der Waals surface area contributed by atoms with Gasteiger partial charge in [0.15, 0.2) is 5.49 Å². The molecule has 0 atom stereocenters. The summed E-state index contributed by atoms with van der Waals surface area (Å²) in [6, 6.07) is 5.39. The number of nitrogens with zero attached hydrogens (tertiary/aromatic N) is 4. The predicted octanol–water partition coefficient (Wildman–Crippen LogP) is 4.71. The number of hydrogen-bond donors (Lipinski definition) is 1. The van der Waals surface area contributed by atoms with E-state index in [0.29, 0.717) is 29.5 Å². The summed E-state index contributed by atoms with van der Waals surface area (Å²) in [6.07, 6.45) is 11.7. The van der Waals surface area contributed by atoms with Gasteiger partial charge in [0.2, 0.25) is 5.88 Å². The van der Waals surface area contributed by atoms with E-state index in [-0.39, 0.29) is 0 Å². The fourth-order valence-electron chi connectivity index (χ4n) is 2.33. The van der Waals surface area contributed by atoms with E-state index in [1.54, 1.807) is 31.6 Å². The van der Waals surface area contributed by atoms with E-state index < -0.39 is 0 Å². The molecule has 0 spiro atoms. The molecule has 0 unspecified atom stereocenters. The number of pyridine rings is 2. The SMILES string of the molecule is C=Nn1cc(CN)cc(Cl)c1=N/C(C)=C/C=C/CCC.CCOc1ccc(OC)nc1. The summed E-state index contributed by atoms with van der Waals surface area (Å²) in [5.41, 5.74) is 7.88. The van der Waals surface area contributed by atoms with E-state index in [2.05, 4.69) is 34.8 Å². The molecule has 31 heavy (non-hydrogen) atoms. The summed E-state index contributed by atoms with van der Waals surface area (Å²) in [5.74, 6) is 1.38. The van der Waals surface area contributed by atoms with Gasteiger partial charge in [0.05, 0.1) is 24.9 Å². The van der Waals surface area contributed by atoms with Gasteiger partial charge in [0.25, 0.3) is 0 Å². The van der Waals surface area contributed by atoms with Crippen molar-refractivity contribution in [3.05, 3.63) is 70.6 Å². The van der Waals surface area contributed by atoms with Crippen LogP contribution >= 0.6 is 11.6 Å². The van der Waals surface area contributed by atoms with Gasteiger partial charge in [-0.05, 0) is 44.0 Å². The molecule has 2 aromatic heterocycles. The molecule has 0 aliphatic rings. The molecule has 2 rings (SSSR count). The first-order valence-corrected chi connectivity index (χ1v) is 10.5. The first-order valence-electron chi connectivity index (χ1n) is 10.1. The van der Waals surface area contributed by atoms with E-state index in [9.17, 15) is 0 Å². The zero-order valence-electron chi connectivity index (χ0n) is 18.7. The molecule has 0 aromatic carbocycles. The van der Waals surface area contributed by atoms with E-state index in [1.807, 2.05) is 32.1 Å². The quantitative estimate of drug-likeness (QED) is 0.447. The van der Waals surface area contributed by atoms with Gasteiger partial charge in [-0.25, -0.2) is 14.7 Å². The number of ether oxygens (including phenoxy) is 2. The summed E-state index contributed by atoms with van der Waals surface area (Å²) in [4.78, 5) is 8.44. The van der Waals surface area contributed by atoms with Crippen LogP contribution in [0.15, 0.2) is 64.6 Å². The zero-order chi connectivity index (χ0) is 23.1. The van der Waals surface area contributed by atoms with Crippen molar-refractivity contribution in [2.24, 2.45) is 15.8 Å². The van der Waals surface area contributed by atoms with Crippen molar-refractivity contribution in [1.29, 1.82) is 0 Å². The number of methoxy groups -OCH3 is 1. The molecule has 8 heteroatoms. The lowest BCUT2D eigenvalue weighted by atomic mass is 10.3. The van der Waals surface area contributed by atoms with Crippen molar-refractivity contribution >= 4 is 18.3 Å². The number of hydrogen-bond acceptors (Lipinski definition) is 6. The second-order valence-electron chi connectivity index (χ2n) is 6.32. The van der Waals surface area contributed by atoms with E-state index in [4.69, 9.17) is 26.8 Å². The minimum atomic E-state index is 0.393. The molecular weight excluding hydrogens is 414 g/mol. The monoisotopic (exact) mass is 445 g/mol. The smallest absolute Gasteiger partial charge is 0.213 e.